The second kappa shape index (κ2) is 6.68. The Kier molecular flexibility index (Phi) is 6.82. The Balaban J connectivity index is 4.32. The normalized spacial score (nSPS) is 13.1. The standard InChI is InChI=1S/C6H11Cl2O4P/c1-3-10-13(9,11-4-2)12-6(8)5-7/h5H,3-4H2,1-2H3. The van der Waals surface area contributed by atoms with E-state index in [0.29, 0.717) is 0 Å². The molecule has 0 aliphatic rings. The average Bonchev–Trinajstić information content (AvgIpc) is 2.04. The molecule has 0 aromatic heterocycles. The van der Waals surface area contributed by atoms with Crippen molar-refractivity contribution in [3.63, 3.8) is 0 Å². The zero-order valence-electron chi connectivity index (χ0n) is 7.33. The monoisotopic (exact) mass is 248 g/mol. The van der Waals surface area contributed by atoms with E-state index in [1.807, 2.05) is 0 Å². The summed E-state index contributed by atoms with van der Waals surface area (Å²) in [6.45, 7) is 3.72. The summed E-state index contributed by atoms with van der Waals surface area (Å²) in [5, 5.41) is -0.230. The van der Waals surface area contributed by atoms with E-state index in [9.17, 15) is 4.57 Å². The Morgan fingerprint density at radius 3 is 2.15 bits per heavy atom. The van der Waals surface area contributed by atoms with E-state index in [1.165, 1.54) is 0 Å². The van der Waals surface area contributed by atoms with Crippen molar-refractivity contribution >= 4 is 31.0 Å². The first-order valence-corrected chi connectivity index (χ1v) is 5.90. The van der Waals surface area contributed by atoms with Gasteiger partial charge < -0.3 is 4.52 Å². The van der Waals surface area contributed by atoms with E-state index in [4.69, 9.17) is 32.2 Å². The van der Waals surface area contributed by atoms with Gasteiger partial charge in [-0.15, -0.1) is 0 Å². The number of phosphoric ester groups is 1. The summed E-state index contributed by atoms with van der Waals surface area (Å²) in [7, 11) is -3.58. The molecule has 0 rings (SSSR count). The molecule has 0 saturated carbocycles. The Labute approximate surface area is 87.4 Å². The average molecular weight is 249 g/mol. The van der Waals surface area contributed by atoms with Crippen molar-refractivity contribution in [3.05, 3.63) is 10.8 Å². The second-order valence-electron chi connectivity index (χ2n) is 1.79. The van der Waals surface area contributed by atoms with E-state index in [1.54, 1.807) is 13.8 Å². The summed E-state index contributed by atoms with van der Waals surface area (Å²) in [5.74, 6) is 0. The third-order valence-electron chi connectivity index (χ3n) is 0.859. The van der Waals surface area contributed by atoms with Gasteiger partial charge >= 0.3 is 7.82 Å². The van der Waals surface area contributed by atoms with Gasteiger partial charge in [-0.05, 0) is 25.4 Å². The molecule has 78 valence electrons. The van der Waals surface area contributed by atoms with Crippen LogP contribution in [0.15, 0.2) is 10.8 Å². The summed E-state index contributed by atoms with van der Waals surface area (Å²) >= 11 is 10.6. The SMILES string of the molecule is CCOP(=O)(OCC)OC(Cl)=CCl. The molecule has 7 heteroatoms. The zero-order valence-corrected chi connectivity index (χ0v) is 9.73. The number of phosphoric acid groups is 1. The van der Waals surface area contributed by atoms with Gasteiger partial charge in [0.25, 0.3) is 0 Å². The van der Waals surface area contributed by atoms with Crippen molar-refractivity contribution in [3.8, 4) is 0 Å². The fourth-order valence-corrected chi connectivity index (χ4v) is 1.97. The number of rotatable bonds is 6. The molecule has 4 nitrogen and oxygen atoms in total. The lowest BCUT2D eigenvalue weighted by Crippen LogP contribution is -1.98. The topological polar surface area (TPSA) is 44.8 Å². The summed E-state index contributed by atoms with van der Waals surface area (Å²) in [5.41, 5.74) is 0.937. The smallest absolute Gasteiger partial charge is 0.391 e. The van der Waals surface area contributed by atoms with E-state index in [0.717, 1.165) is 5.54 Å². The Bertz CT molecular complexity index is 209. The van der Waals surface area contributed by atoms with Crippen LogP contribution in [0.5, 0.6) is 0 Å². The minimum Gasteiger partial charge on any atom is -0.391 e. The first-order chi connectivity index (χ1) is 6.08. The van der Waals surface area contributed by atoms with Crippen LogP contribution in [-0.4, -0.2) is 13.2 Å². The highest BCUT2D eigenvalue weighted by molar-refractivity contribution is 7.48. The highest BCUT2D eigenvalue weighted by Gasteiger charge is 2.27. The van der Waals surface area contributed by atoms with Crippen LogP contribution < -0.4 is 0 Å². The molecule has 0 atom stereocenters. The van der Waals surface area contributed by atoms with Crippen molar-refractivity contribution in [2.45, 2.75) is 13.8 Å². The lowest BCUT2D eigenvalue weighted by molar-refractivity contribution is 0.151. The van der Waals surface area contributed by atoms with Crippen molar-refractivity contribution in [2.24, 2.45) is 0 Å². The van der Waals surface area contributed by atoms with Crippen molar-refractivity contribution in [1.29, 1.82) is 0 Å². The van der Waals surface area contributed by atoms with Crippen LogP contribution in [0.2, 0.25) is 0 Å². The molecule has 0 aliphatic heterocycles. The predicted octanol–water partition coefficient (Wildman–Crippen LogP) is 3.46. The quantitative estimate of drug-likeness (QED) is 0.534. The van der Waals surface area contributed by atoms with Crippen LogP contribution in [0, 0.1) is 0 Å². The lowest BCUT2D eigenvalue weighted by atomic mass is 10.9. The van der Waals surface area contributed by atoms with Crippen molar-refractivity contribution in [2.75, 3.05) is 13.2 Å². The highest BCUT2D eigenvalue weighted by Crippen LogP contribution is 2.51. The van der Waals surface area contributed by atoms with Crippen LogP contribution >= 0.6 is 31.0 Å². The highest BCUT2D eigenvalue weighted by atomic mass is 35.5. The summed E-state index contributed by atoms with van der Waals surface area (Å²) < 4.78 is 25.7. The molecule has 0 fully saturated rings. The molecular weight excluding hydrogens is 238 g/mol. The van der Waals surface area contributed by atoms with Gasteiger partial charge in [-0.2, -0.15) is 0 Å². The summed E-state index contributed by atoms with van der Waals surface area (Å²) in [6.07, 6.45) is 0. The maximum atomic E-state index is 11.5. The number of hydrogen-bond donors (Lipinski definition) is 0. The molecule has 0 heterocycles. The molecule has 0 bridgehead atoms. The third-order valence-corrected chi connectivity index (χ3v) is 3.03. The fourth-order valence-electron chi connectivity index (χ4n) is 0.533. The molecule has 0 saturated heterocycles. The Hall–Kier alpha value is 0.270. The van der Waals surface area contributed by atoms with Gasteiger partial charge in [-0.3, -0.25) is 9.05 Å². The maximum absolute atomic E-state index is 11.5. The predicted molar refractivity (Wildman–Crippen MR) is 51.7 cm³/mol. The summed E-state index contributed by atoms with van der Waals surface area (Å²) in [4.78, 5) is 0. The first-order valence-electron chi connectivity index (χ1n) is 3.62. The minimum atomic E-state index is -3.58. The maximum Gasteiger partial charge on any atom is 0.530 e. The molecule has 0 unspecified atom stereocenters. The second-order valence-corrected chi connectivity index (χ2v) is 3.97. The van der Waals surface area contributed by atoms with Crippen LogP contribution in [0.3, 0.4) is 0 Å². The zero-order chi connectivity index (χ0) is 10.3. The Morgan fingerprint density at radius 1 is 1.38 bits per heavy atom. The van der Waals surface area contributed by atoms with Gasteiger partial charge in [0, 0.05) is 0 Å². The number of hydrogen-bond acceptors (Lipinski definition) is 4. The van der Waals surface area contributed by atoms with Crippen molar-refractivity contribution in [1.82, 2.24) is 0 Å². The largest absolute Gasteiger partial charge is 0.530 e. The third kappa shape index (κ3) is 5.55. The summed E-state index contributed by atoms with van der Waals surface area (Å²) in [6, 6.07) is 0. The molecule has 0 amide bonds. The molecule has 0 aromatic carbocycles. The molecule has 0 aromatic rings. The molecule has 0 radical (unpaired) electrons. The van der Waals surface area contributed by atoms with E-state index in [2.05, 4.69) is 4.52 Å². The first kappa shape index (κ1) is 13.3. The molecule has 0 aliphatic carbocycles. The molecule has 0 spiro atoms. The minimum absolute atomic E-state index is 0.198. The Morgan fingerprint density at radius 2 is 1.85 bits per heavy atom. The van der Waals surface area contributed by atoms with E-state index in [-0.39, 0.29) is 18.4 Å². The van der Waals surface area contributed by atoms with Crippen LogP contribution in [0.1, 0.15) is 13.8 Å². The lowest BCUT2D eigenvalue weighted by Gasteiger charge is -2.15. The van der Waals surface area contributed by atoms with Gasteiger partial charge in [0.05, 0.1) is 18.7 Å². The van der Waals surface area contributed by atoms with Gasteiger partial charge in [0.15, 0.2) is 0 Å². The van der Waals surface area contributed by atoms with Crippen molar-refractivity contribution < 1.29 is 18.1 Å². The van der Waals surface area contributed by atoms with Gasteiger partial charge in [0.1, 0.15) is 0 Å². The van der Waals surface area contributed by atoms with E-state index < -0.39 is 7.82 Å². The van der Waals surface area contributed by atoms with Gasteiger partial charge in [-0.25, -0.2) is 4.57 Å². The van der Waals surface area contributed by atoms with E-state index >= 15 is 0 Å². The van der Waals surface area contributed by atoms with Crippen LogP contribution in [-0.2, 0) is 18.1 Å². The molecular formula is C6H11Cl2O4P. The number of halogens is 2. The van der Waals surface area contributed by atoms with Gasteiger partial charge in [0.2, 0.25) is 5.22 Å². The van der Waals surface area contributed by atoms with Gasteiger partial charge in [-0.1, -0.05) is 11.6 Å². The molecule has 13 heavy (non-hydrogen) atoms. The fraction of sp³-hybridized carbons (Fsp3) is 0.667. The molecule has 0 N–H and O–H groups in total. The van der Waals surface area contributed by atoms with Crippen LogP contribution in [0.25, 0.3) is 0 Å². The van der Waals surface area contributed by atoms with Crippen LogP contribution in [0.4, 0.5) is 0 Å².